The first kappa shape index (κ1) is 18.7. The van der Waals surface area contributed by atoms with Crippen molar-refractivity contribution in [2.45, 2.75) is 11.5 Å². The first-order valence-electron chi connectivity index (χ1n) is 8.60. The number of nitrogens with one attached hydrogen (secondary N) is 1. The predicted octanol–water partition coefficient (Wildman–Crippen LogP) is 4.80. The van der Waals surface area contributed by atoms with E-state index < -0.39 is 17.4 Å². The summed E-state index contributed by atoms with van der Waals surface area (Å²) in [5.41, 5.74) is -0.802. The highest BCUT2D eigenvalue weighted by molar-refractivity contribution is 6.38. The van der Waals surface area contributed by atoms with E-state index in [2.05, 4.69) is 5.32 Å². The Morgan fingerprint density at radius 1 is 0.964 bits per heavy atom. The molecule has 0 saturated carbocycles. The van der Waals surface area contributed by atoms with E-state index >= 15 is 0 Å². The van der Waals surface area contributed by atoms with Gasteiger partial charge in [-0.25, -0.2) is 0 Å². The zero-order valence-electron chi connectivity index (χ0n) is 14.5. The van der Waals surface area contributed by atoms with Crippen molar-refractivity contribution in [3.63, 3.8) is 0 Å². The number of halogens is 2. The van der Waals surface area contributed by atoms with E-state index in [1.165, 1.54) is 12.1 Å². The van der Waals surface area contributed by atoms with Gasteiger partial charge in [-0.3, -0.25) is 9.59 Å². The first-order valence-corrected chi connectivity index (χ1v) is 9.36. The van der Waals surface area contributed by atoms with Gasteiger partial charge in [0, 0.05) is 16.1 Å². The molecule has 1 amide bonds. The molecule has 2 atom stereocenters. The lowest BCUT2D eigenvalue weighted by Gasteiger charge is -2.30. The summed E-state index contributed by atoms with van der Waals surface area (Å²) in [6, 6.07) is 20.2. The molecule has 0 bridgehead atoms. The van der Waals surface area contributed by atoms with Gasteiger partial charge in [0.05, 0.1) is 16.6 Å². The number of anilines is 1. The van der Waals surface area contributed by atoms with Crippen LogP contribution < -0.4 is 5.32 Å². The van der Waals surface area contributed by atoms with Crippen LogP contribution in [0.3, 0.4) is 0 Å². The lowest BCUT2D eigenvalue weighted by atomic mass is 9.74. The Morgan fingerprint density at radius 3 is 2.21 bits per heavy atom. The number of hydrogen-bond donors (Lipinski definition) is 2. The highest BCUT2D eigenvalue weighted by Crippen LogP contribution is 2.49. The Labute approximate surface area is 171 Å². The number of carbonyl (C=O) groups is 2. The number of benzene rings is 3. The molecule has 1 aliphatic heterocycles. The normalized spacial score (nSPS) is 19.0. The summed E-state index contributed by atoms with van der Waals surface area (Å²) in [4.78, 5) is 26.4. The molecule has 1 aliphatic rings. The number of amides is 1. The lowest BCUT2D eigenvalue weighted by Crippen LogP contribution is -2.44. The molecule has 0 saturated heterocycles. The van der Waals surface area contributed by atoms with Gasteiger partial charge in [0.1, 0.15) is 0 Å². The van der Waals surface area contributed by atoms with E-state index in [4.69, 9.17) is 23.2 Å². The average Bonchev–Trinajstić information content (AvgIpc) is 2.95. The molecule has 0 spiro atoms. The molecule has 6 heteroatoms. The third-order valence-electron chi connectivity index (χ3n) is 4.92. The number of aliphatic hydroxyl groups is 1. The minimum atomic E-state index is -2.15. The maximum atomic E-state index is 13.5. The van der Waals surface area contributed by atoms with Crippen LogP contribution in [-0.2, 0) is 10.4 Å². The smallest absolute Gasteiger partial charge is 0.262 e. The Bertz CT molecular complexity index is 1070. The van der Waals surface area contributed by atoms with Crippen LogP contribution in [0.15, 0.2) is 72.8 Å². The van der Waals surface area contributed by atoms with E-state index in [1.807, 2.05) is 0 Å². The second-order valence-corrected chi connectivity index (χ2v) is 7.45. The fourth-order valence-electron chi connectivity index (χ4n) is 3.62. The van der Waals surface area contributed by atoms with Crippen molar-refractivity contribution in [3.05, 3.63) is 99.5 Å². The summed E-state index contributed by atoms with van der Waals surface area (Å²) >= 11 is 12.4. The molecular weight excluding hydrogens is 397 g/mol. The Hall–Kier alpha value is -2.66. The van der Waals surface area contributed by atoms with Gasteiger partial charge in [0.25, 0.3) is 5.91 Å². The van der Waals surface area contributed by atoms with Crippen LogP contribution in [0, 0.1) is 0 Å². The van der Waals surface area contributed by atoms with Crippen LogP contribution in [0.2, 0.25) is 10.0 Å². The monoisotopic (exact) mass is 411 g/mol. The summed E-state index contributed by atoms with van der Waals surface area (Å²) in [6.45, 7) is 0. The maximum Gasteiger partial charge on any atom is 0.262 e. The molecule has 3 aromatic rings. The summed E-state index contributed by atoms with van der Waals surface area (Å²) in [5.74, 6) is -2.27. The highest BCUT2D eigenvalue weighted by Gasteiger charge is 2.55. The van der Waals surface area contributed by atoms with E-state index in [9.17, 15) is 14.7 Å². The van der Waals surface area contributed by atoms with Crippen molar-refractivity contribution in [3.8, 4) is 0 Å². The van der Waals surface area contributed by atoms with Gasteiger partial charge in [-0.15, -0.1) is 0 Å². The predicted molar refractivity (Wildman–Crippen MR) is 109 cm³/mol. The second kappa shape index (κ2) is 7.06. The molecule has 0 aliphatic carbocycles. The number of hydrogen-bond acceptors (Lipinski definition) is 3. The topological polar surface area (TPSA) is 66.4 Å². The Kier molecular flexibility index (Phi) is 4.71. The molecule has 4 rings (SSSR count). The third kappa shape index (κ3) is 2.90. The molecular formula is C22H15Cl2NO3. The van der Waals surface area contributed by atoms with Crippen molar-refractivity contribution < 1.29 is 14.7 Å². The molecule has 4 nitrogen and oxygen atoms in total. The van der Waals surface area contributed by atoms with Gasteiger partial charge < -0.3 is 10.4 Å². The van der Waals surface area contributed by atoms with Gasteiger partial charge in [-0.2, -0.15) is 0 Å². The van der Waals surface area contributed by atoms with Crippen LogP contribution >= 0.6 is 23.2 Å². The summed E-state index contributed by atoms with van der Waals surface area (Å²) < 4.78 is 0. The SMILES string of the molecule is O=C(c1ccccc1)[C@@H](c1ccccc1)[C@]1(O)C(=O)Nc2c(Cl)cc(Cl)cc21. The van der Waals surface area contributed by atoms with E-state index in [-0.39, 0.29) is 27.1 Å². The maximum absolute atomic E-state index is 13.5. The van der Waals surface area contributed by atoms with Crippen LogP contribution in [0.25, 0.3) is 0 Å². The molecule has 2 N–H and O–H groups in total. The number of Topliss-reactive ketones (excluding diaryl/α,β-unsaturated/α-hetero) is 1. The Morgan fingerprint density at radius 2 is 1.57 bits per heavy atom. The molecule has 0 radical (unpaired) electrons. The second-order valence-electron chi connectivity index (χ2n) is 6.60. The first-order chi connectivity index (χ1) is 13.4. The fourth-order valence-corrected chi connectivity index (χ4v) is 4.16. The molecule has 0 unspecified atom stereocenters. The average molecular weight is 412 g/mol. The summed E-state index contributed by atoms with van der Waals surface area (Å²) in [5, 5.41) is 14.7. The molecule has 28 heavy (non-hydrogen) atoms. The van der Waals surface area contributed by atoms with Crippen molar-refractivity contribution in [1.29, 1.82) is 0 Å². The van der Waals surface area contributed by atoms with Crippen LogP contribution in [-0.4, -0.2) is 16.8 Å². The van der Waals surface area contributed by atoms with E-state index in [0.29, 0.717) is 11.1 Å². The van der Waals surface area contributed by atoms with Crippen molar-refractivity contribution >= 4 is 40.6 Å². The minimum Gasteiger partial charge on any atom is -0.374 e. The number of carbonyl (C=O) groups excluding carboxylic acids is 2. The third-order valence-corrected chi connectivity index (χ3v) is 5.44. The zero-order chi connectivity index (χ0) is 19.9. The highest BCUT2D eigenvalue weighted by atomic mass is 35.5. The van der Waals surface area contributed by atoms with Gasteiger partial charge >= 0.3 is 0 Å². The molecule has 140 valence electrons. The summed E-state index contributed by atoms with van der Waals surface area (Å²) in [7, 11) is 0. The minimum absolute atomic E-state index is 0.188. The lowest BCUT2D eigenvalue weighted by molar-refractivity contribution is -0.135. The molecule has 3 aromatic carbocycles. The quantitative estimate of drug-likeness (QED) is 0.605. The molecule has 0 fully saturated rings. The van der Waals surface area contributed by atoms with Crippen molar-refractivity contribution in [2.75, 3.05) is 5.32 Å². The van der Waals surface area contributed by atoms with Gasteiger partial charge in [-0.05, 0) is 17.7 Å². The molecule has 1 heterocycles. The van der Waals surface area contributed by atoms with Crippen molar-refractivity contribution in [2.24, 2.45) is 0 Å². The zero-order valence-corrected chi connectivity index (χ0v) is 16.0. The van der Waals surface area contributed by atoms with Gasteiger partial charge in [0.15, 0.2) is 11.4 Å². The van der Waals surface area contributed by atoms with E-state index in [1.54, 1.807) is 60.7 Å². The van der Waals surface area contributed by atoms with E-state index in [0.717, 1.165) is 0 Å². The Balaban J connectivity index is 1.96. The molecule has 0 aromatic heterocycles. The number of ketones is 1. The number of rotatable bonds is 4. The fraction of sp³-hybridized carbons (Fsp3) is 0.0909. The van der Waals surface area contributed by atoms with Crippen LogP contribution in [0.5, 0.6) is 0 Å². The number of fused-ring (bicyclic) bond motifs is 1. The van der Waals surface area contributed by atoms with Crippen LogP contribution in [0.1, 0.15) is 27.4 Å². The summed E-state index contributed by atoms with van der Waals surface area (Å²) in [6.07, 6.45) is 0. The standard InChI is InChI=1S/C22H15Cl2NO3/c23-15-11-16-19(17(24)12-15)25-21(27)22(16,28)18(13-7-3-1-4-8-13)20(26)14-9-5-2-6-10-14/h1-12,18,28H,(H,25,27)/t18-,22+/m1/s1. The van der Waals surface area contributed by atoms with Crippen LogP contribution in [0.4, 0.5) is 5.69 Å². The van der Waals surface area contributed by atoms with Crippen molar-refractivity contribution in [1.82, 2.24) is 0 Å². The van der Waals surface area contributed by atoms with Gasteiger partial charge in [0.2, 0.25) is 0 Å². The largest absolute Gasteiger partial charge is 0.374 e. The van der Waals surface area contributed by atoms with Gasteiger partial charge in [-0.1, -0.05) is 83.9 Å².